The van der Waals surface area contributed by atoms with Gasteiger partial charge in [0.05, 0.1) is 12.0 Å². The Morgan fingerprint density at radius 1 is 1.25 bits per heavy atom. The molecule has 2 aromatic rings. The normalized spacial score (nSPS) is 26.5. The number of nitrogens with zero attached hydrogens (tertiary/aromatic N) is 4. The quantitative estimate of drug-likeness (QED) is 0.395. The van der Waals surface area contributed by atoms with E-state index >= 15 is 0 Å². The first-order valence-electron chi connectivity index (χ1n) is 7.22. The number of ether oxygens (including phenoxy) is 1. The predicted molar refractivity (Wildman–Crippen MR) is 81.2 cm³/mol. The smallest absolute Gasteiger partial charge is 0.181 e. The molecule has 3 heterocycles. The highest BCUT2D eigenvalue weighted by molar-refractivity contribution is 5.90. The SMILES string of the molecule is CC#Cc1nn([C@@H]2O[C@H](CO)[C@@H](O)[C@H]2O)c2nc(CO)nc(N)c12. The van der Waals surface area contributed by atoms with Crippen molar-refractivity contribution in [3.05, 3.63) is 11.5 Å². The molecule has 0 radical (unpaired) electrons. The van der Waals surface area contributed by atoms with Crippen molar-refractivity contribution in [2.75, 3.05) is 12.3 Å². The fourth-order valence-corrected chi connectivity index (χ4v) is 2.65. The lowest BCUT2D eigenvalue weighted by Gasteiger charge is -2.15. The van der Waals surface area contributed by atoms with Crippen molar-refractivity contribution >= 4 is 16.9 Å². The first kappa shape index (κ1) is 16.6. The van der Waals surface area contributed by atoms with Crippen molar-refractivity contribution in [3.8, 4) is 11.8 Å². The van der Waals surface area contributed by atoms with Gasteiger partial charge in [0.15, 0.2) is 17.7 Å². The van der Waals surface area contributed by atoms with Crippen molar-refractivity contribution < 1.29 is 25.2 Å². The van der Waals surface area contributed by atoms with E-state index in [1.165, 1.54) is 4.68 Å². The maximum absolute atomic E-state index is 10.2. The summed E-state index contributed by atoms with van der Waals surface area (Å²) < 4.78 is 6.70. The molecule has 6 N–H and O–H groups in total. The molecule has 1 aliphatic rings. The van der Waals surface area contributed by atoms with Crippen LogP contribution < -0.4 is 5.73 Å². The van der Waals surface area contributed by atoms with Crippen molar-refractivity contribution in [1.82, 2.24) is 19.7 Å². The Labute approximate surface area is 136 Å². The van der Waals surface area contributed by atoms with Gasteiger partial charge < -0.3 is 30.9 Å². The van der Waals surface area contributed by atoms with Gasteiger partial charge in [-0.15, -0.1) is 0 Å². The molecule has 0 saturated carbocycles. The third-order valence-corrected chi connectivity index (χ3v) is 3.77. The number of hydrogen-bond acceptors (Lipinski definition) is 9. The molecule has 0 amide bonds. The summed E-state index contributed by atoms with van der Waals surface area (Å²) in [5.41, 5.74) is 6.41. The molecule has 1 saturated heterocycles. The van der Waals surface area contributed by atoms with E-state index in [4.69, 9.17) is 10.5 Å². The minimum Gasteiger partial charge on any atom is -0.394 e. The number of rotatable bonds is 3. The first-order valence-corrected chi connectivity index (χ1v) is 7.22. The fourth-order valence-electron chi connectivity index (χ4n) is 2.65. The summed E-state index contributed by atoms with van der Waals surface area (Å²) in [5, 5.41) is 43.2. The lowest BCUT2D eigenvalue weighted by Crippen LogP contribution is -2.33. The van der Waals surface area contributed by atoms with Gasteiger partial charge in [-0.25, -0.2) is 14.6 Å². The average Bonchev–Trinajstić information content (AvgIpc) is 3.07. The van der Waals surface area contributed by atoms with Gasteiger partial charge in [-0.1, -0.05) is 5.92 Å². The second-order valence-electron chi connectivity index (χ2n) is 5.28. The molecule has 3 rings (SSSR count). The number of aromatic nitrogens is 4. The molecule has 0 aromatic carbocycles. The number of aliphatic hydroxyl groups is 4. The standard InChI is InChI=1S/C14H17N5O5/c1-2-3-6-9-12(15)16-8(5-21)17-13(9)19(18-6)14-11(23)10(22)7(4-20)24-14/h7,10-11,14,20-23H,4-5H2,1H3,(H2,15,16,17)/t7-,10-,11-,14-/m1/s1. The molecule has 0 unspecified atom stereocenters. The predicted octanol–water partition coefficient (Wildman–Crippen LogP) is -2.12. The number of nitrogen functional groups attached to an aromatic ring is 1. The lowest BCUT2D eigenvalue weighted by molar-refractivity contribution is -0.0567. The average molecular weight is 335 g/mol. The minimum absolute atomic E-state index is 0.0731. The summed E-state index contributed by atoms with van der Waals surface area (Å²) in [4.78, 5) is 8.14. The Morgan fingerprint density at radius 3 is 2.58 bits per heavy atom. The van der Waals surface area contributed by atoms with Gasteiger partial charge in [0.25, 0.3) is 0 Å². The van der Waals surface area contributed by atoms with Crippen molar-refractivity contribution in [1.29, 1.82) is 0 Å². The topological polar surface area (TPSA) is 160 Å². The highest BCUT2D eigenvalue weighted by atomic mass is 16.6. The van der Waals surface area contributed by atoms with E-state index in [0.717, 1.165) is 0 Å². The van der Waals surface area contributed by atoms with Crippen molar-refractivity contribution in [2.24, 2.45) is 0 Å². The van der Waals surface area contributed by atoms with E-state index in [1.807, 2.05) is 0 Å². The Morgan fingerprint density at radius 2 is 2.00 bits per heavy atom. The Bertz CT molecular complexity index is 826. The molecule has 24 heavy (non-hydrogen) atoms. The maximum Gasteiger partial charge on any atom is 0.181 e. The van der Waals surface area contributed by atoms with Gasteiger partial charge in [-0.05, 0) is 12.8 Å². The molecular formula is C14H17N5O5. The fraction of sp³-hybridized carbons (Fsp3) is 0.500. The van der Waals surface area contributed by atoms with Crippen LogP contribution in [0.15, 0.2) is 0 Å². The number of anilines is 1. The Kier molecular flexibility index (Phi) is 4.35. The molecule has 1 fully saturated rings. The molecule has 10 heteroatoms. The third-order valence-electron chi connectivity index (χ3n) is 3.77. The zero-order chi connectivity index (χ0) is 17.4. The van der Waals surface area contributed by atoms with Crippen LogP contribution in [0.25, 0.3) is 11.0 Å². The van der Waals surface area contributed by atoms with Gasteiger partial charge in [0.2, 0.25) is 0 Å². The van der Waals surface area contributed by atoms with Gasteiger partial charge >= 0.3 is 0 Å². The molecule has 0 bridgehead atoms. The van der Waals surface area contributed by atoms with Gasteiger partial charge in [-0.2, -0.15) is 5.10 Å². The van der Waals surface area contributed by atoms with Crippen LogP contribution >= 0.6 is 0 Å². The molecule has 10 nitrogen and oxygen atoms in total. The minimum atomic E-state index is -1.33. The number of hydrogen-bond donors (Lipinski definition) is 5. The monoisotopic (exact) mass is 335 g/mol. The number of nitrogens with two attached hydrogens (primary N) is 1. The van der Waals surface area contributed by atoms with Crippen molar-refractivity contribution in [3.63, 3.8) is 0 Å². The Hall–Kier alpha value is -2.29. The van der Waals surface area contributed by atoms with E-state index < -0.39 is 37.8 Å². The highest BCUT2D eigenvalue weighted by Crippen LogP contribution is 2.33. The number of aliphatic hydroxyl groups excluding tert-OH is 4. The van der Waals surface area contributed by atoms with Crippen LogP contribution in [0.3, 0.4) is 0 Å². The van der Waals surface area contributed by atoms with Crippen LogP contribution in [0.1, 0.15) is 24.7 Å². The molecule has 0 aliphatic carbocycles. The third kappa shape index (κ3) is 2.48. The molecular weight excluding hydrogens is 318 g/mol. The summed E-state index contributed by atoms with van der Waals surface area (Å²) in [7, 11) is 0. The summed E-state index contributed by atoms with van der Waals surface area (Å²) in [6, 6.07) is 0. The zero-order valence-electron chi connectivity index (χ0n) is 12.8. The van der Waals surface area contributed by atoms with Crippen LogP contribution in [0.2, 0.25) is 0 Å². The van der Waals surface area contributed by atoms with Crippen LogP contribution in [0.4, 0.5) is 5.82 Å². The van der Waals surface area contributed by atoms with E-state index in [1.54, 1.807) is 6.92 Å². The van der Waals surface area contributed by atoms with Gasteiger partial charge in [-0.3, -0.25) is 0 Å². The van der Waals surface area contributed by atoms with Gasteiger partial charge in [0, 0.05) is 0 Å². The maximum atomic E-state index is 10.2. The first-order chi connectivity index (χ1) is 11.5. The molecule has 128 valence electrons. The molecule has 4 atom stereocenters. The van der Waals surface area contributed by atoms with E-state index in [2.05, 4.69) is 26.9 Å². The Balaban J connectivity index is 2.20. The van der Waals surface area contributed by atoms with Crippen LogP contribution in [-0.4, -0.2) is 65.1 Å². The molecule has 1 aliphatic heterocycles. The second kappa shape index (κ2) is 6.31. The highest BCUT2D eigenvalue weighted by Gasteiger charge is 2.44. The lowest BCUT2D eigenvalue weighted by atomic mass is 10.1. The zero-order valence-corrected chi connectivity index (χ0v) is 12.8. The summed E-state index contributed by atoms with van der Waals surface area (Å²) in [6.07, 6.45) is -4.66. The van der Waals surface area contributed by atoms with Crippen LogP contribution in [0.5, 0.6) is 0 Å². The number of fused-ring (bicyclic) bond motifs is 1. The van der Waals surface area contributed by atoms with E-state index in [0.29, 0.717) is 5.39 Å². The summed E-state index contributed by atoms with van der Waals surface area (Å²) in [5.74, 6) is 5.62. The molecule has 0 spiro atoms. The molecule has 2 aromatic heterocycles. The van der Waals surface area contributed by atoms with E-state index in [9.17, 15) is 20.4 Å². The van der Waals surface area contributed by atoms with E-state index in [-0.39, 0.29) is 23.0 Å². The summed E-state index contributed by atoms with van der Waals surface area (Å²) in [6.45, 7) is 0.723. The van der Waals surface area contributed by atoms with Crippen molar-refractivity contribution in [2.45, 2.75) is 38.1 Å². The summed E-state index contributed by atoms with van der Waals surface area (Å²) >= 11 is 0. The second-order valence-corrected chi connectivity index (χ2v) is 5.28. The van der Waals surface area contributed by atoms with Gasteiger partial charge in [0.1, 0.15) is 36.4 Å². The largest absolute Gasteiger partial charge is 0.394 e. The van der Waals surface area contributed by atoms with Crippen LogP contribution in [0, 0.1) is 11.8 Å². The van der Waals surface area contributed by atoms with Crippen LogP contribution in [-0.2, 0) is 11.3 Å².